The second-order valence-corrected chi connectivity index (χ2v) is 9.48. The topological polar surface area (TPSA) is 69.6 Å². The maximum Gasteiger partial charge on any atom is 0.255 e. The second kappa shape index (κ2) is 12.8. The zero-order valence-corrected chi connectivity index (χ0v) is 22.9. The Labute approximate surface area is 226 Å². The number of benzene rings is 3. The quantitative estimate of drug-likeness (QED) is 0.254. The fourth-order valence-corrected chi connectivity index (χ4v) is 4.40. The molecule has 0 saturated carbocycles. The first-order valence-corrected chi connectivity index (χ1v) is 12.9. The molecule has 0 aliphatic heterocycles. The molecule has 0 heterocycles. The van der Waals surface area contributed by atoms with Crippen LogP contribution in [0.4, 0.5) is 5.69 Å². The van der Waals surface area contributed by atoms with Crippen molar-refractivity contribution in [2.45, 2.75) is 47.5 Å². The maximum absolute atomic E-state index is 12.9. The van der Waals surface area contributed by atoms with E-state index in [4.69, 9.17) is 0 Å². The molecular formula is C34H37NO3. The SMILES string of the molecule is C=C/C=C(\C=C/C)c1c(O)cc(NC(=O)c2ccc(Cc3ccc(C)c(/C(C)=C(/C)CC)c3)cc2)cc1O. The van der Waals surface area contributed by atoms with Crippen molar-refractivity contribution in [3.63, 3.8) is 0 Å². The van der Waals surface area contributed by atoms with Gasteiger partial charge < -0.3 is 15.5 Å². The van der Waals surface area contributed by atoms with Crippen LogP contribution in [-0.2, 0) is 6.42 Å². The zero-order valence-electron chi connectivity index (χ0n) is 22.9. The van der Waals surface area contributed by atoms with Crippen LogP contribution in [0, 0.1) is 6.92 Å². The van der Waals surface area contributed by atoms with Crippen LogP contribution in [0.3, 0.4) is 0 Å². The molecule has 0 bridgehead atoms. The fourth-order valence-electron chi connectivity index (χ4n) is 4.40. The Morgan fingerprint density at radius 1 is 0.974 bits per heavy atom. The summed E-state index contributed by atoms with van der Waals surface area (Å²) in [5, 5.41) is 23.9. The lowest BCUT2D eigenvalue weighted by atomic mass is 9.93. The van der Waals surface area contributed by atoms with Gasteiger partial charge in [-0.15, -0.1) is 0 Å². The minimum atomic E-state index is -0.327. The predicted octanol–water partition coefficient (Wildman–Crippen LogP) is 8.60. The van der Waals surface area contributed by atoms with Crippen LogP contribution in [0.15, 0.2) is 91.1 Å². The van der Waals surface area contributed by atoms with Crippen LogP contribution in [0.2, 0.25) is 0 Å². The van der Waals surface area contributed by atoms with Crippen molar-refractivity contribution in [2.75, 3.05) is 5.32 Å². The summed E-state index contributed by atoms with van der Waals surface area (Å²) >= 11 is 0. The van der Waals surface area contributed by atoms with Crippen molar-refractivity contribution >= 4 is 22.7 Å². The van der Waals surface area contributed by atoms with Gasteiger partial charge in [0.05, 0.1) is 5.56 Å². The molecule has 3 rings (SSSR count). The summed E-state index contributed by atoms with van der Waals surface area (Å²) < 4.78 is 0. The summed E-state index contributed by atoms with van der Waals surface area (Å²) in [6.45, 7) is 14.2. The van der Waals surface area contributed by atoms with Gasteiger partial charge in [0.25, 0.3) is 5.91 Å². The monoisotopic (exact) mass is 507 g/mol. The van der Waals surface area contributed by atoms with Gasteiger partial charge in [-0.2, -0.15) is 0 Å². The summed E-state index contributed by atoms with van der Waals surface area (Å²) in [6.07, 6.45) is 8.64. The molecule has 0 radical (unpaired) electrons. The normalized spacial score (nSPS) is 12.4. The van der Waals surface area contributed by atoms with E-state index in [1.54, 1.807) is 36.4 Å². The van der Waals surface area contributed by atoms with Crippen LogP contribution in [0.25, 0.3) is 11.1 Å². The summed E-state index contributed by atoms with van der Waals surface area (Å²) in [4.78, 5) is 12.9. The van der Waals surface area contributed by atoms with Gasteiger partial charge in [-0.05, 0) is 86.1 Å². The van der Waals surface area contributed by atoms with Gasteiger partial charge in [0.1, 0.15) is 11.5 Å². The Balaban J connectivity index is 1.76. The largest absolute Gasteiger partial charge is 0.507 e. The molecule has 0 spiro atoms. The summed E-state index contributed by atoms with van der Waals surface area (Å²) in [5.74, 6) is -0.608. The standard InChI is InChI=1S/C34H37NO3/c1-7-10-27(11-8-2)33-31(36)20-29(21-32(33)37)35-34(38)28-16-14-25(15-17-28)18-26-13-12-23(5)30(19-26)24(6)22(4)9-3/h7-8,10-17,19-21,36-37H,1,9,18H2,2-6H3,(H,35,38)/b11-8-,24-22-,27-10+. The molecule has 38 heavy (non-hydrogen) atoms. The number of aryl methyl sites for hydroxylation is 1. The number of hydrogen-bond acceptors (Lipinski definition) is 3. The Morgan fingerprint density at radius 2 is 1.61 bits per heavy atom. The van der Waals surface area contributed by atoms with Crippen molar-refractivity contribution in [2.24, 2.45) is 0 Å². The number of carbonyl (C=O) groups excluding carboxylic acids is 1. The third kappa shape index (κ3) is 6.71. The average molecular weight is 508 g/mol. The number of nitrogens with one attached hydrogen (secondary N) is 1. The van der Waals surface area contributed by atoms with E-state index in [1.165, 1.54) is 40.0 Å². The van der Waals surface area contributed by atoms with E-state index < -0.39 is 0 Å². The molecule has 4 heteroatoms. The first kappa shape index (κ1) is 28.3. The third-order valence-electron chi connectivity index (χ3n) is 6.79. The van der Waals surface area contributed by atoms with Crippen molar-refractivity contribution in [3.05, 3.63) is 124 Å². The van der Waals surface area contributed by atoms with E-state index in [0.29, 0.717) is 16.8 Å². The van der Waals surface area contributed by atoms with E-state index in [1.807, 2.05) is 19.1 Å². The number of hydrogen-bond donors (Lipinski definition) is 3. The van der Waals surface area contributed by atoms with E-state index in [-0.39, 0.29) is 23.0 Å². The Hall–Kier alpha value is -4.31. The summed E-state index contributed by atoms with van der Waals surface area (Å²) in [5.41, 5.74) is 9.28. The summed E-state index contributed by atoms with van der Waals surface area (Å²) in [7, 11) is 0. The smallest absolute Gasteiger partial charge is 0.255 e. The lowest BCUT2D eigenvalue weighted by molar-refractivity contribution is 0.102. The molecule has 3 N–H and O–H groups in total. The molecule has 0 aliphatic carbocycles. The Kier molecular flexibility index (Phi) is 9.50. The predicted molar refractivity (Wildman–Crippen MR) is 160 cm³/mol. The minimum absolute atomic E-state index is 0.140. The van der Waals surface area contributed by atoms with Gasteiger partial charge in [-0.3, -0.25) is 4.79 Å². The number of rotatable bonds is 9. The van der Waals surface area contributed by atoms with E-state index >= 15 is 0 Å². The fraction of sp³-hybridized carbons (Fsp3) is 0.206. The highest BCUT2D eigenvalue weighted by Crippen LogP contribution is 2.37. The van der Waals surface area contributed by atoms with Crippen molar-refractivity contribution in [1.82, 2.24) is 0 Å². The van der Waals surface area contributed by atoms with E-state index in [0.717, 1.165) is 18.4 Å². The van der Waals surface area contributed by atoms with Gasteiger partial charge in [-0.25, -0.2) is 0 Å². The van der Waals surface area contributed by atoms with Crippen LogP contribution in [0.5, 0.6) is 11.5 Å². The highest BCUT2D eigenvalue weighted by Gasteiger charge is 2.15. The Bertz CT molecular complexity index is 1400. The number of phenols is 2. The van der Waals surface area contributed by atoms with Crippen molar-refractivity contribution in [1.29, 1.82) is 0 Å². The van der Waals surface area contributed by atoms with Crippen LogP contribution < -0.4 is 5.32 Å². The lowest BCUT2D eigenvalue weighted by Gasteiger charge is -2.13. The number of allylic oxidation sites excluding steroid dienone is 7. The first-order chi connectivity index (χ1) is 18.2. The van der Waals surface area contributed by atoms with Crippen LogP contribution >= 0.6 is 0 Å². The molecule has 0 aromatic heterocycles. The van der Waals surface area contributed by atoms with E-state index in [9.17, 15) is 15.0 Å². The number of amides is 1. The number of carbonyl (C=O) groups is 1. The van der Waals surface area contributed by atoms with Crippen LogP contribution in [-0.4, -0.2) is 16.1 Å². The average Bonchev–Trinajstić information content (AvgIpc) is 2.89. The molecule has 3 aromatic carbocycles. The minimum Gasteiger partial charge on any atom is -0.507 e. The molecule has 0 aliphatic rings. The van der Waals surface area contributed by atoms with Crippen LogP contribution in [0.1, 0.15) is 72.3 Å². The number of anilines is 1. The van der Waals surface area contributed by atoms with Gasteiger partial charge in [0.2, 0.25) is 0 Å². The molecule has 3 aromatic rings. The van der Waals surface area contributed by atoms with Crippen molar-refractivity contribution in [3.8, 4) is 11.5 Å². The molecule has 4 nitrogen and oxygen atoms in total. The molecule has 0 saturated heterocycles. The van der Waals surface area contributed by atoms with Crippen molar-refractivity contribution < 1.29 is 15.0 Å². The third-order valence-corrected chi connectivity index (χ3v) is 6.79. The lowest BCUT2D eigenvalue weighted by Crippen LogP contribution is -2.12. The maximum atomic E-state index is 12.9. The first-order valence-electron chi connectivity index (χ1n) is 12.9. The highest BCUT2D eigenvalue weighted by molar-refractivity contribution is 6.04. The molecule has 0 unspecified atom stereocenters. The second-order valence-electron chi connectivity index (χ2n) is 9.48. The highest BCUT2D eigenvalue weighted by atomic mass is 16.3. The molecule has 0 atom stereocenters. The van der Waals surface area contributed by atoms with Gasteiger partial charge >= 0.3 is 0 Å². The molecule has 0 fully saturated rings. The molecule has 1 amide bonds. The van der Waals surface area contributed by atoms with Gasteiger partial charge in [0, 0.05) is 23.4 Å². The molecular weight excluding hydrogens is 470 g/mol. The van der Waals surface area contributed by atoms with Gasteiger partial charge in [-0.1, -0.05) is 73.7 Å². The molecule has 196 valence electrons. The zero-order chi connectivity index (χ0) is 27.8. The number of aromatic hydroxyl groups is 2. The number of phenolic OH excluding ortho intramolecular Hbond substituents is 2. The summed E-state index contributed by atoms with van der Waals surface area (Å²) in [6, 6.07) is 16.9. The Morgan fingerprint density at radius 3 is 2.18 bits per heavy atom. The van der Waals surface area contributed by atoms with E-state index in [2.05, 4.69) is 57.8 Å². The van der Waals surface area contributed by atoms with Gasteiger partial charge in [0.15, 0.2) is 0 Å².